The second-order valence-corrected chi connectivity index (χ2v) is 3.10. The molecule has 1 radical (unpaired) electrons. The molecule has 0 aromatic carbocycles. The molecule has 0 saturated heterocycles. The molecule has 0 saturated carbocycles. The van der Waals surface area contributed by atoms with Gasteiger partial charge >= 0.3 is 0 Å². The molecular formula is C10H18N. The lowest BCUT2D eigenvalue weighted by atomic mass is 9.92. The van der Waals surface area contributed by atoms with Gasteiger partial charge in [-0.2, -0.15) is 0 Å². The Kier molecular flexibility index (Phi) is 4.12. The molecule has 63 valence electrons. The normalized spacial score (nSPS) is 11.6. The van der Waals surface area contributed by atoms with Crippen molar-refractivity contribution in [3.63, 3.8) is 0 Å². The first-order chi connectivity index (χ1) is 5.06. The van der Waals surface area contributed by atoms with E-state index in [4.69, 9.17) is 0 Å². The number of nitrogens with zero attached hydrogens (tertiary/aromatic N) is 1. The highest BCUT2D eigenvalue weighted by Gasteiger charge is 2.23. The van der Waals surface area contributed by atoms with Gasteiger partial charge in [0.15, 0.2) is 0 Å². The maximum absolute atomic E-state index is 4.13. The van der Waals surface area contributed by atoms with Crippen molar-refractivity contribution < 1.29 is 0 Å². The maximum Gasteiger partial charge on any atom is 0.0272 e. The Morgan fingerprint density at radius 1 is 1.18 bits per heavy atom. The lowest BCUT2D eigenvalue weighted by Crippen LogP contribution is -2.40. The van der Waals surface area contributed by atoms with Gasteiger partial charge in [-0.3, -0.25) is 0 Å². The molecule has 0 heterocycles. The van der Waals surface area contributed by atoms with Crippen LogP contribution in [0.3, 0.4) is 0 Å². The van der Waals surface area contributed by atoms with Gasteiger partial charge in [0.2, 0.25) is 0 Å². The molecule has 11 heavy (non-hydrogen) atoms. The highest BCUT2D eigenvalue weighted by molar-refractivity contribution is 5.00. The van der Waals surface area contributed by atoms with Crippen molar-refractivity contribution in [2.24, 2.45) is 0 Å². The molecule has 0 aromatic heterocycles. The quantitative estimate of drug-likeness (QED) is 0.546. The Bertz CT molecular complexity index is 126. The molecule has 0 unspecified atom stereocenters. The molecule has 0 N–H and O–H groups in total. The molecule has 1 heteroatoms. The van der Waals surface area contributed by atoms with E-state index < -0.39 is 0 Å². The van der Waals surface area contributed by atoms with Crippen LogP contribution in [-0.4, -0.2) is 24.5 Å². The van der Waals surface area contributed by atoms with Crippen LogP contribution in [0.15, 0.2) is 25.3 Å². The molecule has 0 fully saturated rings. The largest absolute Gasteiger partial charge is 0.303 e. The monoisotopic (exact) mass is 152 g/mol. The minimum absolute atomic E-state index is 0.0521. The Labute approximate surface area is 70.4 Å². The van der Waals surface area contributed by atoms with Gasteiger partial charge in [-0.1, -0.05) is 12.2 Å². The molecule has 0 aliphatic heterocycles. The van der Waals surface area contributed by atoms with Crippen molar-refractivity contribution in [2.75, 3.05) is 14.1 Å². The van der Waals surface area contributed by atoms with Crippen LogP contribution in [0.2, 0.25) is 0 Å². The minimum atomic E-state index is -0.0521. The summed E-state index contributed by atoms with van der Waals surface area (Å²) >= 11 is 0. The Balaban J connectivity index is 4.23. The highest BCUT2D eigenvalue weighted by atomic mass is 15.1. The standard InChI is InChI=1S/C10H18N/c1-6-8-10(3,9-7-2)11(4)5/h6-7H,1-3,8-9H2,4-5H3. The zero-order valence-corrected chi connectivity index (χ0v) is 7.64. The van der Waals surface area contributed by atoms with E-state index in [1.807, 2.05) is 26.2 Å². The molecule has 0 spiro atoms. The highest BCUT2D eigenvalue weighted by Crippen LogP contribution is 2.20. The summed E-state index contributed by atoms with van der Waals surface area (Å²) in [7, 11) is 4.06. The van der Waals surface area contributed by atoms with Gasteiger partial charge in [0.25, 0.3) is 0 Å². The fourth-order valence-corrected chi connectivity index (χ4v) is 0.986. The minimum Gasteiger partial charge on any atom is -0.303 e. The van der Waals surface area contributed by atoms with Crippen LogP contribution in [-0.2, 0) is 0 Å². The van der Waals surface area contributed by atoms with Crippen molar-refractivity contribution in [2.45, 2.75) is 18.4 Å². The van der Waals surface area contributed by atoms with Crippen molar-refractivity contribution in [3.8, 4) is 0 Å². The summed E-state index contributed by atoms with van der Waals surface area (Å²) in [6.45, 7) is 11.6. The van der Waals surface area contributed by atoms with E-state index in [1.54, 1.807) is 0 Å². The third-order valence-electron chi connectivity index (χ3n) is 2.00. The third kappa shape index (κ3) is 2.89. The van der Waals surface area contributed by atoms with Crippen LogP contribution in [0.1, 0.15) is 12.8 Å². The first-order valence-electron chi connectivity index (χ1n) is 3.81. The SMILES string of the molecule is [CH2]C(CC=C)(CC=C)N(C)C. The van der Waals surface area contributed by atoms with Gasteiger partial charge in [-0.15, -0.1) is 13.2 Å². The van der Waals surface area contributed by atoms with E-state index in [0.29, 0.717) is 0 Å². The molecular weight excluding hydrogens is 134 g/mol. The van der Waals surface area contributed by atoms with Crippen LogP contribution >= 0.6 is 0 Å². The number of hydrogen-bond acceptors (Lipinski definition) is 1. The first-order valence-corrected chi connectivity index (χ1v) is 3.81. The van der Waals surface area contributed by atoms with Gasteiger partial charge in [0.05, 0.1) is 0 Å². The van der Waals surface area contributed by atoms with Gasteiger partial charge in [-0.25, -0.2) is 0 Å². The van der Waals surface area contributed by atoms with E-state index in [-0.39, 0.29) is 5.54 Å². The lowest BCUT2D eigenvalue weighted by molar-refractivity contribution is 0.209. The van der Waals surface area contributed by atoms with Gasteiger partial charge < -0.3 is 4.90 Å². The van der Waals surface area contributed by atoms with Crippen molar-refractivity contribution in [3.05, 3.63) is 32.2 Å². The summed E-state index contributed by atoms with van der Waals surface area (Å²) < 4.78 is 0. The number of rotatable bonds is 5. The van der Waals surface area contributed by atoms with Gasteiger partial charge in [0, 0.05) is 5.54 Å². The topological polar surface area (TPSA) is 3.24 Å². The first kappa shape index (κ1) is 10.4. The Hall–Kier alpha value is -0.560. The zero-order chi connectivity index (χ0) is 8.91. The summed E-state index contributed by atoms with van der Waals surface area (Å²) in [5.74, 6) is 0. The summed E-state index contributed by atoms with van der Waals surface area (Å²) in [6.07, 6.45) is 5.59. The number of hydrogen-bond donors (Lipinski definition) is 0. The molecule has 0 rings (SSSR count). The van der Waals surface area contributed by atoms with Crippen LogP contribution in [0.4, 0.5) is 0 Å². The molecule has 0 bridgehead atoms. The Morgan fingerprint density at radius 2 is 1.55 bits per heavy atom. The van der Waals surface area contributed by atoms with Crippen molar-refractivity contribution in [1.82, 2.24) is 4.90 Å². The van der Waals surface area contributed by atoms with Crippen LogP contribution in [0, 0.1) is 6.92 Å². The fraction of sp³-hybridized carbons (Fsp3) is 0.500. The predicted octanol–water partition coefficient (Wildman–Crippen LogP) is 2.27. The van der Waals surface area contributed by atoms with Crippen molar-refractivity contribution in [1.29, 1.82) is 0 Å². The Morgan fingerprint density at radius 3 is 1.73 bits per heavy atom. The lowest BCUT2D eigenvalue weighted by Gasteiger charge is -2.34. The van der Waals surface area contributed by atoms with E-state index in [1.165, 1.54) is 0 Å². The maximum atomic E-state index is 4.13. The fourth-order valence-electron chi connectivity index (χ4n) is 0.986. The van der Waals surface area contributed by atoms with Crippen molar-refractivity contribution >= 4 is 0 Å². The summed E-state index contributed by atoms with van der Waals surface area (Å²) in [6, 6.07) is 0. The smallest absolute Gasteiger partial charge is 0.0272 e. The van der Waals surface area contributed by atoms with Gasteiger partial charge in [-0.05, 0) is 33.9 Å². The zero-order valence-electron chi connectivity index (χ0n) is 7.64. The van der Waals surface area contributed by atoms with E-state index in [0.717, 1.165) is 12.8 Å². The summed E-state index contributed by atoms with van der Waals surface area (Å²) in [5, 5.41) is 0. The molecule has 0 aliphatic rings. The van der Waals surface area contributed by atoms with E-state index in [9.17, 15) is 0 Å². The summed E-state index contributed by atoms with van der Waals surface area (Å²) in [4.78, 5) is 2.11. The second-order valence-electron chi connectivity index (χ2n) is 3.10. The molecule has 0 aliphatic carbocycles. The van der Waals surface area contributed by atoms with Gasteiger partial charge in [0.1, 0.15) is 0 Å². The molecule has 0 aromatic rings. The average Bonchev–Trinajstić information content (AvgIpc) is 1.88. The molecule has 0 amide bonds. The molecule has 1 nitrogen and oxygen atoms in total. The second kappa shape index (κ2) is 4.35. The van der Waals surface area contributed by atoms with E-state index in [2.05, 4.69) is 25.0 Å². The predicted molar refractivity (Wildman–Crippen MR) is 51.4 cm³/mol. The van der Waals surface area contributed by atoms with E-state index >= 15 is 0 Å². The van der Waals surface area contributed by atoms with Crippen LogP contribution in [0.5, 0.6) is 0 Å². The average molecular weight is 152 g/mol. The van der Waals surface area contributed by atoms with Crippen LogP contribution < -0.4 is 0 Å². The summed E-state index contributed by atoms with van der Waals surface area (Å²) in [5.41, 5.74) is -0.0521. The molecule has 0 atom stereocenters. The van der Waals surface area contributed by atoms with Crippen LogP contribution in [0.25, 0.3) is 0 Å². The third-order valence-corrected chi connectivity index (χ3v) is 2.00.